The molecule has 2 amide bonds. The number of rotatable bonds is 9. The van der Waals surface area contributed by atoms with Crippen molar-refractivity contribution in [2.24, 2.45) is 0 Å². The maximum Gasteiger partial charge on any atom is 0.280 e. The van der Waals surface area contributed by atoms with Gasteiger partial charge in [0.15, 0.2) is 0 Å². The van der Waals surface area contributed by atoms with E-state index in [1.165, 1.54) is 25.5 Å². The highest BCUT2D eigenvalue weighted by atomic mass is 19.3. The SMILES string of the molecule is CC(=O)Nc1cc(-c2[nH]c3c(C4CCOCC4)ccnc3c2-c2cccc(C(F)F)n2)ccn1.CC(=O)Nc1cc(-c2[nH]c3c(C4CCOCC4)ccnc3c2-c2cccc(C)n2)ccn1. The maximum absolute atomic E-state index is 13.5. The van der Waals surface area contributed by atoms with Crippen LogP contribution >= 0.6 is 0 Å². The van der Waals surface area contributed by atoms with E-state index in [1.54, 1.807) is 42.9 Å². The van der Waals surface area contributed by atoms with Gasteiger partial charge in [-0.1, -0.05) is 12.1 Å². The highest BCUT2D eigenvalue weighted by molar-refractivity contribution is 6.03. The number of aryl methyl sites for hydroxylation is 1. The summed E-state index contributed by atoms with van der Waals surface area (Å²) in [7, 11) is 0. The van der Waals surface area contributed by atoms with Crippen LogP contribution in [0.4, 0.5) is 20.4 Å². The predicted molar refractivity (Wildman–Crippen MR) is 249 cm³/mol. The minimum Gasteiger partial charge on any atom is -0.381 e. The van der Waals surface area contributed by atoms with Crippen LogP contribution in [0.2, 0.25) is 0 Å². The van der Waals surface area contributed by atoms with Gasteiger partial charge in [0.1, 0.15) is 17.3 Å². The van der Waals surface area contributed by atoms with Crippen LogP contribution in [0, 0.1) is 6.92 Å². The number of H-pyrrole nitrogens is 2. The minimum absolute atomic E-state index is 0.157. The Balaban J connectivity index is 0.000000166. The van der Waals surface area contributed by atoms with Crippen LogP contribution in [0.25, 0.3) is 67.1 Å². The molecule has 8 aromatic heterocycles. The summed E-state index contributed by atoms with van der Waals surface area (Å²) in [5.41, 5.74) is 12.5. The van der Waals surface area contributed by atoms with Gasteiger partial charge in [-0.05, 0) is 116 Å². The van der Waals surface area contributed by atoms with Crippen molar-refractivity contribution in [1.82, 2.24) is 39.9 Å². The summed E-state index contributed by atoms with van der Waals surface area (Å²) >= 11 is 0. The number of nitrogens with one attached hydrogen (secondary N) is 4. The molecule has 0 atom stereocenters. The second kappa shape index (κ2) is 19.4. The molecule has 10 heterocycles. The Labute approximate surface area is 379 Å². The zero-order valence-electron chi connectivity index (χ0n) is 36.7. The zero-order valence-corrected chi connectivity index (χ0v) is 36.7. The number of hydrogen-bond donors (Lipinski definition) is 4. The van der Waals surface area contributed by atoms with Gasteiger partial charge in [-0.15, -0.1) is 0 Å². The Morgan fingerprint density at radius 2 is 1.08 bits per heavy atom. The van der Waals surface area contributed by atoms with Gasteiger partial charge in [-0.25, -0.2) is 23.7 Å². The Hall–Kier alpha value is -7.30. The van der Waals surface area contributed by atoms with Crippen LogP contribution in [-0.2, 0) is 19.1 Å². The lowest BCUT2D eigenvalue weighted by molar-refractivity contribution is -0.115. The number of alkyl halides is 2. The van der Waals surface area contributed by atoms with Crippen molar-refractivity contribution in [3.05, 3.63) is 120 Å². The van der Waals surface area contributed by atoms with Crippen LogP contribution in [-0.4, -0.2) is 78.1 Å². The first-order chi connectivity index (χ1) is 32.1. The van der Waals surface area contributed by atoms with E-state index in [1.807, 2.05) is 49.5 Å². The molecule has 2 fully saturated rings. The average molecular weight is 891 g/mol. The number of fused-ring (bicyclic) bond motifs is 2. The summed E-state index contributed by atoms with van der Waals surface area (Å²) in [6.45, 7) is 7.81. The van der Waals surface area contributed by atoms with E-state index in [2.05, 4.69) is 46.6 Å². The van der Waals surface area contributed by atoms with E-state index in [4.69, 9.17) is 19.4 Å². The molecule has 8 aromatic rings. The molecule has 4 N–H and O–H groups in total. The normalized spacial score (nSPS) is 14.6. The number of halogens is 2. The van der Waals surface area contributed by atoms with Gasteiger partial charge in [0.05, 0.1) is 56.0 Å². The molecule has 0 saturated carbocycles. The monoisotopic (exact) mass is 890 g/mol. The van der Waals surface area contributed by atoms with Crippen LogP contribution in [0.5, 0.6) is 0 Å². The lowest BCUT2D eigenvalue weighted by Gasteiger charge is -2.22. The molecule has 2 saturated heterocycles. The third kappa shape index (κ3) is 9.41. The first-order valence-electron chi connectivity index (χ1n) is 22.0. The smallest absolute Gasteiger partial charge is 0.280 e. The second-order valence-corrected chi connectivity index (χ2v) is 16.4. The summed E-state index contributed by atoms with van der Waals surface area (Å²) < 4.78 is 38.0. The average Bonchev–Trinajstić information content (AvgIpc) is 3.92. The van der Waals surface area contributed by atoms with Gasteiger partial charge in [0.25, 0.3) is 6.43 Å². The summed E-state index contributed by atoms with van der Waals surface area (Å²) in [4.78, 5) is 57.2. The number of nitrogens with zero attached hydrogens (tertiary/aromatic N) is 6. The van der Waals surface area contributed by atoms with Gasteiger partial charge in [-0.3, -0.25) is 24.5 Å². The van der Waals surface area contributed by atoms with Gasteiger partial charge >= 0.3 is 0 Å². The molecule has 336 valence electrons. The maximum atomic E-state index is 13.5. The Bertz CT molecular complexity index is 3050. The van der Waals surface area contributed by atoms with E-state index in [0.29, 0.717) is 59.2 Å². The highest BCUT2D eigenvalue weighted by Crippen LogP contribution is 2.43. The molecule has 2 aliphatic rings. The quantitative estimate of drug-likeness (QED) is 0.109. The number of pyridine rings is 6. The zero-order chi connectivity index (χ0) is 45.7. The molecule has 0 unspecified atom stereocenters. The van der Waals surface area contributed by atoms with Gasteiger partial charge < -0.3 is 30.1 Å². The van der Waals surface area contributed by atoms with E-state index in [0.717, 1.165) is 94.8 Å². The third-order valence-corrected chi connectivity index (χ3v) is 11.9. The van der Waals surface area contributed by atoms with E-state index in [-0.39, 0.29) is 17.5 Å². The summed E-state index contributed by atoms with van der Waals surface area (Å²) in [6.07, 6.45) is 8.01. The molecule has 0 aromatic carbocycles. The van der Waals surface area contributed by atoms with Gasteiger partial charge in [0.2, 0.25) is 11.8 Å². The number of ether oxygens (including phenoxy) is 2. The molecule has 2 aliphatic heterocycles. The molecule has 0 radical (unpaired) electrons. The first-order valence-corrected chi connectivity index (χ1v) is 22.0. The van der Waals surface area contributed by atoms with Gasteiger partial charge in [0, 0.05) is 81.9 Å². The standard InChI is InChI=1S/C25H23F2N5O2.C25H25N5O2/c1-14(33)30-20-13-16(5-9-28-20)22-21(18-3-2-4-19(31-18)25(26)27)24-23(32-22)17(6-10-29-24)15-7-11-34-12-8-15;1-15-4-3-5-20(28-15)22-23(18-6-10-26-21(14-18)29-16(2)31)30-24-19(7-11-27-25(22)24)17-8-12-32-13-9-17/h2-6,9-10,13,15,25,32H,7-8,11-12H2,1H3,(H,28,30,33);3-7,10-11,14,17,30H,8-9,12-13H2,1-2H3,(H,26,29,31). The molecule has 10 rings (SSSR count). The molecule has 0 bridgehead atoms. The van der Waals surface area contributed by atoms with E-state index in [9.17, 15) is 18.4 Å². The fraction of sp³-hybridized carbons (Fsp3) is 0.280. The number of carbonyl (C=O) groups excluding carboxylic acids is 2. The number of anilines is 2. The lowest BCUT2D eigenvalue weighted by atomic mass is 9.91. The summed E-state index contributed by atoms with van der Waals surface area (Å²) in [5, 5.41) is 5.46. The third-order valence-electron chi connectivity index (χ3n) is 11.9. The molecule has 14 nitrogen and oxygen atoms in total. The Morgan fingerprint density at radius 1 is 0.621 bits per heavy atom. The molecule has 0 aliphatic carbocycles. The van der Waals surface area contributed by atoms with Gasteiger partial charge in [-0.2, -0.15) is 0 Å². The first kappa shape index (κ1) is 43.9. The number of hydrogen-bond acceptors (Lipinski definition) is 10. The summed E-state index contributed by atoms with van der Waals surface area (Å²) in [5.74, 6) is 1.22. The number of amides is 2. The van der Waals surface area contributed by atoms with Crippen molar-refractivity contribution >= 4 is 45.5 Å². The van der Waals surface area contributed by atoms with E-state index < -0.39 is 6.43 Å². The predicted octanol–water partition coefficient (Wildman–Crippen LogP) is 10.3. The molecular weight excluding hydrogens is 843 g/mol. The molecule has 66 heavy (non-hydrogen) atoms. The Morgan fingerprint density at radius 3 is 1.53 bits per heavy atom. The summed E-state index contributed by atoms with van der Waals surface area (Å²) in [6, 6.07) is 22.1. The number of carbonyl (C=O) groups is 2. The fourth-order valence-electron chi connectivity index (χ4n) is 8.90. The van der Waals surface area contributed by atoms with Crippen molar-refractivity contribution in [3.63, 3.8) is 0 Å². The number of aromatic amines is 2. The van der Waals surface area contributed by atoms with Crippen LogP contribution < -0.4 is 10.6 Å². The van der Waals surface area contributed by atoms with Crippen LogP contribution in [0.15, 0.2) is 97.6 Å². The largest absolute Gasteiger partial charge is 0.381 e. The van der Waals surface area contributed by atoms with Crippen molar-refractivity contribution in [3.8, 4) is 45.0 Å². The van der Waals surface area contributed by atoms with E-state index >= 15 is 0 Å². The van der Waals surface area contributed by atoms with Crippen LogP contribution in [0.3, 0.4) is 0 Å². The van der Waals surface area contributed by atoms with Crippen LogP contribution in [0.1, 0.15) is 80.3 Å². The lowest BCUT2D eigenvalue weighted by Crippen LogP contribution is -2.14. The molecule has 16 heteroatoms. The fourth-order valence-corrected chi connectivity index (χ4v) is 8.90. The van der Waals surface area contributed by atoms with Crippen molar-refractivity contribution < 1.29 is 27.8 Å². The number of aromatic nitrogens is 8. The highest BCUT2D eigenvalue weighted by Gasteiger charge is 2.27. The van der Waals surface area contributed by atoms with Crippen molar-refractivity contribution in [1.29, 1.82) is 0 Å². The van der Waals surface area contributed by atoms with Crippen molar-refractivity contribution in [2.45, 2.75) is 64.7 Å². The second-order valence-electron chi connectivity index (χ2n) is 16.4. The van der Waals surface area contributed by atoms with Crippen molar-refractivity contribution in [2.75, 3.05) is 37.1 Å². The molecular formula is C50H48F2N10O4. The Kier molecular flexibility index (Phi) is 12.9. The topological polar surface area (TPSA) is 186 Å². The molecule has 0 spiro atoms. The minimum atomic E-state index is -2.69.